The van der Waals surface area contributed by atoms with Crippen molar-refractivity contribution in [2.24, 2.45) is 0 Å². The molecule has 3 aromatic rings. The maximum Gasteiger partial charge on any atom is 0.295 e. The molecule has 1 amide bonds. The first-order chi connectivity index (χ1) is 14.7. The summed E-state index contributed by atoms with van der Waals surface area (Å²) in [6, 6.07) is 11.2. The van der Waals surface area contributed by atoms with Crippen LogP contribution in [-0.4, -0.2) is 57.4 Å². The summed E-state index contributed by atoms with van der Waals surface area (Å²) in [7, 11) is 1.65. The molecule has 0 radical (unpaired) electrons. The number of hydrogen-bond donors (Lipinski definition) is 1. The Kier molecular flexibility index (Phi) is 6.78. The summed E-state index contributed by atoms with van der Waals surface area (Å²) in [4.78, 5) is 21.1. The Morgan fingerprint density at radius 3 is 2.73 bits per heavy atom. The summed E-state index contributed by atoms with van der Waals surface area (Å²) in [6.07, 6.45) is 2.41. The fraction of sp³-hybridized carbons (Fsp3) is 0.364. The molecule has 0 spiro atoms. The Hall–Kier alpha value is -2.68. The molecule has 0 atom stereocenters. The number of nitrogens with zero attached hydrogens (tertiary/aromatic N) is 2. The number of rotatable bonds is 8. The van der Waals surface area contributed by atoms with Crippen LogP contribution < -0.4 is 14.5 Å². The topological polar surface area (TPSA) is 69.2 Å². The van der Waals surface area contributed by atoms with E-state index in [2.05, 4.69) is 0 Å². The Morgan fingerprint density at radius 2 is 2.03 bits per heavy atom. The summed E-state index contributed by atoms with van der Waals surface area (Å²) in [5.74, 6) is 0.969. The van der Waals surface area contributed by atoms with E-state index in [1.165, 1.54) is 22.5 Å². The van der Waals surface area contributed by atoms with Crippen LogP contribution in [0.15, 0.2) is 52.5 Å². The van der Waals surface area contributed by atoms with Gasteiger partial charge in [0.15, 0.2) is 10.9 Å². The lowest BCUT2D eigenvalue weighted by Crippen LogP contribution is -3.14. The number of furan rings is 1. The lowest BCUT2D eigenvalue weighted by Gasteiger charge is -2.25. The highest BCUT2D eigenvalue weighted by molar-refractivity contribution is 7.14. The van der Waals surface area contributed by atoms with Crippen LogP contribution in [0.25, 0.3) is 11.3 Å². The van der Waals surface area contributed by atoms with E-state index in [1.54, 1.807) is 24.1 Å². The molecule has 3 heterocycles. The highest BCUT2D eigenvalue weighted by Crippen LogP contribution is 2.29. The second-order valence-electron chi connectivity index (χ2n) is 7.14. The second kappa shape index (κ2) is 9.88. The van der Waals surface area contributed by atoms with Gasteiger partial charge in [0.05, 0.1) is 38.8 Å². The van der Waals surface area contributed by atoms with Gasteiger partial charge in [0, 0.05) is 23.9 Å². The molecule has 158 valence electrons. The summed E-state index contributed by atoms with van der Waals surface area (Å²) >= 11 is 1.47. The zero-order valence-electron chi connectivity index (χ0n) is 17.0. The number of aromatic nitrogens is 1. The minimum atomic E-state index is -0.160. The Bertz CT molecular complexity index is 934. The normalized spacial score (nSPS) is 14.6. The molecular formula is C22H26N3O4S+. The van der Waals surface area contributed by atoms with Crippen LogP contribution in [-0.2, 0) is 4.74 Å². The van der Waals surface area contributed by atoms with Crippen molar-refractivity contribution in [3.63, 3.8) is 0 Å². The van der Waals surface area contributed by atoms with Crippen LogP contribution in [0, 0.1) is 0 Å². The first-order valence-electron chi connectivity index (χ1n) is 10.1. The van der Waals surface area contributed by atoms with Crippen molar-refractivity contribution in [1.82, 2.24) is 4.98 Å². The predicted molar refractivity (Wildman–Crippen MR) is 115 cm³/mol. The summed E-state index contributed by atoms with van der Waals surface area (Å²) < 4.78 is 16.0. The van der Waals surface area contributed by atoms with Gasteiger partial charge in [0.2, 0.25) is 0 Å². The lowest BCUT2D eigenvalue weighted by atomic mass is 10.2. The largest absolute Gasteiger partial charge is 0.497 e. The molecule has 1 aliphatic rings. The van der Waals surface area contributed by atoms with Gasteiger partial charge in [-0.2, -0.15) is 0 Å². The molecule has 0 saturated carbocycles. The zero-order chi connectivity index (χ0) is 20.8. The molecule has 1 N–H and O–H groups in total. The summed E-state index contributed by atoms with van der Waals surface area (Å²) in [5, 5.41) is 2.66. The molecule has 7 nitrogen and oxygen atoms in total. The van der Waals surface area contributed by atoms with E-state index in [1.807, 2.05) is 29.6 Å². The smallest absolute Gasteiger partial charge is 0.295 e. The molecule has 0 unspecified atom stereocenters. The van der Waals surface area contributed by atoms with Gasteiger partial charge in [-0.15, -0.1) is 11.3 Å². The minimum absolute atomic E-state index is 0.160. The van der Waals surface area contributed by atoms with Gasteiger partial charge in [-0.25, -0.2) is 4.98 Å². The van der Waals surface area contributed by atoms with Crippen LogP contribution in [0.5, 0.6) is 5.75 Å². The average molecular weight is 429 g/mol. The molecular weight excluding hydrogens is 402 g/mol. The average Bonchev–Trinajstić information content (AvgIpc) is 3.50. The number of ether oxygens (including phenoxy) is 2. The quantitative estimate of drug-likeness (QED) is 0.597. The van der Waals surface area contributed by atoms with Gasteiger partial charge in [0.25, 0.3) is 5.91 Å². The van der Waals surface area contributed by atoms with E-state index in [4.69, 9.17) is 18.9 Å². The molecule has 8 heteroatoms. The van der Waals surface area contributed by atoms with E-state index < -0.39 is 0 Å². The molecule has 1 fully saturated rings. The van der Waals surface area contributed by atoms with Gasteiger partial charge in [-0.1, -0.05) is 0 Å². The molecule has 1 saturated heterocycles. The lowest BCUT2D eigenvalue weighted by molar-refractivity contribution is -0.908. The van der Waals surface area contributed by atoms with Gasteiger partial charge < -0.3 is 18.8 Å². The monoisotopic (exact) mass is 428 g/mol. The van der Waals surface area contributed by atoms with Gasteiger partial charge in [-0.05, 0) is 36.4 Å². The number of carbonyl (C=O) groups excluding carboxylic acids is 1. The number of anilines is 1. The standard InChI is InChI=1S/C22H25N3O4S/c1-27-18-7-5-17(6-8-18)19-16-30-22(23-19)25(21(26)20-4-2-13-29-20)10-3-9-24-11-14-28-15-12-24/h2,4-8,13,16H,3,9-12,14-15H2,1H3/p+1. The van der Waals surface area contributed by atoms with E-state index in [0.717, 1.165) is 56.3 Å². The van der Waals surface area contributed by atoms with Crippen molar-refractivity contribution in [2.75, 3.05) is 51.4 Å². The van der Waals surface area contributed by atoms with Crippen LogP contribution >= 0.6 is 11.3 Å². The van der Waals surface area contributed by atoms with Gasteiger partial charge >= 0.3 is 0 Å². The number of quaternary nitrogens is 1. The van der Waals surface area contributed by atoms with Crippen molar-refractivity contribution in [3.8, 4) is 17.0 Å². The highest BCUT2D eigenvalue weighted by Gasteiger charge is 2.24. The first kappa shape index (κ1) is 20.6. The fourth-order valence-corrected chi connectivity index (χ4v) is 4.36. The van der Waals surface area contributed by atoms with Gasteiger partial charge in [-0.3, -0.25) is 9.69 Å². The van der Waals surface area contributed by atoms with E-state index in [9.17, 15) is 4.79 Å². The number of hydrogen-bond acceptors (Lipinski definition) is 6. The maximum absolute atomic E-state index is 13.1. The third-order valence-corrected chi connectivity index (χ3v) is 6.06. The van der Waals surface area contributed by atoms with Crippen LogP contribution in [0.4, 0.5) is 5.13 Å². The second-order valence-corrected chi connectivity index (χ2v) is 7.98. The van der Waals surface area contributed by atoms with Crippen molar-refractivity contribution in [2.45, 2.75) is 6.42 Å². The molecule has 1 aliphatic heterocycles. The highest BCUT2D eigenvalue weighted by atomic mass is 32.1. The van der Waals surface area contributed by atoms with Crippen molar-refractivity contribution in [3.05, 3.63) is 53.8 Å². The minimum Gasteiger partial charge on any atom is -0.497 e. The molecule has 0 bridgehead atoms. The molecule has 4 rings (SSSR count). The molecule has 1 aromatic carbocycles. The number of morpholine rings is 1. The Labute approximate surface area is 179 Å². The maximum atomic E-state index is 13.1. The zero-order valence-corrected chi connectivity index (χ0v) is 17.8. The number of thiazole rings is 1. The Balaban J connectivity index is 1.49. The fourth-order valence-electron chi connectivity index (χ4n) is 3.50. The van der Waals surface area contributed by atoms with E-state index in [-0.39, 0.29) is 5.91 Å². The predicted octanol–water partition coefficient (Wildman–Crippen LogP) is 2.36. The van der Waals surface area contributed by atoms with Crippen LogP contribution in [0.2, 0.25) is 0 Å². The first-order valence-corrected chi connectivity index (χ1v) is 11.0. The number of methoxy groups -OCH3 is 1. The third-order valence-electron chi connectivity index (χ3n) is 5.20. The van der Waals surface area contributed by atoms with Crippen molar-refractivity contribution >= 4 is 22.4 Å². The summed E-state index contributed by atoms with van der Waals surface area (Å²) in [6.45, 7) is 5.25. The van der Waals surface area contributed by atoms with E-state index >= 15 is 0 Å². The van der Waals surface area contributed by atoms with Crippen molar-refractivity contribution < 1.29 is 23.6 Å². The van der Waals surface area contributed by atoms with Crippen LogP contribution in [0.3, 0.4) is 0 Å². The number of amides is 1. The number of carbonyl (C=O) groups is 1. The van der Waals surface area contributed by atoms with Gasteiger partial charge in [0.1, 0.15) is 18.8 Å². The SMILES string of the molecule is COc1ccc(-c2csc(N(CCC[NH+]3CCOCC3)C(=O)c3ccco3)n2)cc1. The third kappa shape index (κ3) is 4.89. The van der Waals surface area contributed by atoms with Crippen LogP contribution in [0.1, 0.15) is 17.0 Å². The van der Waals surface area contributed by atoms with E-state index in [0.29, 0.717) is 17.4 Å². The molecule has 0 aliphatic carbocycles. The Morgan fingerprint density at radius 1 is 1.23 bits per heavy atom. The summed E-state index contributed by atoms with van der Waals surface area (Å²) in [5.41, 5.74) is 1.83. The molecule has 30 heavy (non-hydrogen) atoms. The van der Waals surface area contributed by atoms with Crippen molar-refractivity contribution in [1.29, 1.82) is 0 Å². The number of nitrogens with one attached hydrogen (secondary N) is 1. The molecule has 2 aromatic heterocycles. The number of benzene rings is 1.